The molecule has 1 unspecified atom stereocenters. The number of nitrogens with zero attached hydrogens (tertiary/aromatic N) is 2. The summed E-state index contributed by atoms with van der Waals surface area (Å²) in [7, 11) is 3.45. The van der Waals surface area contributed by atoms with E-state index >= 15 is 0 Å². The largest absolute Gasteiger partial charge is 0.493 e. The average Bonchev–Trinajstić information content (AvgIpc) is 2.77. The molecular weight excluding hydrogens is 245 g/mol. The van der Waals surface area contributed by atoms with Gasteiger partial charge in [-0.15, -0.1) is 0 Å². The third-order valence-electron chi connectivity index (χ3n) is 3.03. The maximum atomic E-state index is 13.4. The molecule has 1 heterocycles. The van der Waals surface area contributed by atoms with Gasteiger partial charge in [-0.3, -0.25) is 4.68 Å². The smallest absolute Gasteiger partial charge is 0.161 e. The first-order chi connectivity index (χ1) is 9.17. The van der Waals surface area contributed by atoms with E-state index in [1.165, 1.54) is 12.1 Å². The normalized spacial score (nSPS) is 12.4. The van der Waals surface area contributed by atoms with Crippen LogP contribution in [0.3, 0.4) is 0 Å². The van der Waals surface area contributed by atoms with E-state index < -0.39 is 0 Å². The molecule has 1 atom stereocenters. The topological polar surface area (TPSA) is 39.1 Å². The molecule has 0 aliphatic rings. The minimum Gasteiger partial charge on any atom is -0.493 e. The van der Waals surface area contributed by atoms with Crippen LogP contribution in [0.25, 0.3) is 0 Å². The van der Waals surface area contributed by atoms with Gasteiger partial charge in [0.2, 0.25) is 0 Å². The number of nitrogens with one attached hydrogen (secondary N) is 1. The van der Waals surface area contributed by atoms with Gasteiger partial charge in [0.25, 0.3) is 0 Å². The van der Waals surface area contributed by atoms with E-state index in [0.717, 1.165) is 17.8 Å². The van der Waals surface area contributed by atoms with Gasteiger partial charge in [-0.05, 0) is 24.2 Å². The summed E-state index contributed by atoms with van der Waals surface area (Å²) in [5, 5.41) is 7.53. The quantitative estimate of drug-likeness (QED) is 0.899. The van der Waals surface area contributed by atoms with E-state index in [2.05, 4.69) is 10.4 Å². The van der Waals surface area contributed by atoms with Crippen molar-refractivity contribution in [3.63, 3.8) is 0 Å². The summed E-state index contributed by atoms with van der Waals surface area (Å²) in [6.07, 6.45) is 1.67. The Morgan fingerprint density at radius 2 is 2.26 bits per heavy atom. The number of rotatable bonds is 5. The molecule has 4 nitrogen and oxygen atoms in total. The van der Waals surface area contributed by atoms with Crippen LogP contribution in [0, 0.1) is 5.82 Å². The predicted octanol–water partition coefficient (Wildman–Crippen LogP) is 2.27. The molecule has 0 radical (unpaired) electrons. The Morgan fingerprint density at radius 1 is 1.47 bits per heavy atom. The molecule has 0 spiro atoms. The Balaban J connectivity index is 2.48. The number of aromatic nitrogens is 2. The van der Waals surface area contributed by atoms with E-state index in [9.17, 15) is 4.39 Å². The highest BCUT2D eigenvalue weighted by Gasteiger charge is 2.21. The Bertz CT molecular complexity index is 553. The molecule has 0 saturated carbocycles. The second kappa shape index (κ2) is 5.84. The lowest BCUT2D eigenvalue weighted by Crippen LogP contribution is -2.24. The first kappa shape index (κ1) is 13.5. The molecule has 1 aromatic heterocycles. The van der Waals surface area contributed by atoms with E-state index in [1.807, 2.05) is 20.0 Å². The zero-order valence-corrected chi connectivity index (χ0v) is 11.4. The molecule has 0 amide bonds. The molecule has 0 aliphatic heterocycles. The molecule has 1 aromatic carbocycles. The highest BCUT2D eigenvalue weighted by Crippen LogP contribution is 2.29. The Kier molecular flexibility index (Phi) is 4.16. The van der Waals surface area contributed by atoms with Crippen LogP contribution in [-0.4, -0.2) is 23.4 Å². The number of benzene rings is 1. The monoisotopic (exact) mass is 263 g/mol. The minimum absolute atomic E-state index is 0.150. The van der Waals surface area contributed by atoms with Crippen LogP contribution in [0.4, 0.5) is 4.39 Å². The van der Waals surface area contributed by atoms with Crippen LogP contribution in [0.2, 0.25) is 0 Å². The Morgan fingerprint density at radius 3 is 2.89 bits per heavy atom. The summed E-state index contributed by atoms with van der Waals surface area (Å²) < 4.78 is 20.5. The highest BCUT2D eigenvalue weighted by molar-refractivity contribution is 5.36. The molecule has 1 N–H and O–H groups in total. The second-order valence-corrected chi connectivity index (χ2v) is 4.27. The maximum absolute atomic E-state index is 13.4. The van der Waals surface area contributed by atoms with Crippen LogP contribution in [0.1, 0.15) is 24.2 Å². The van der Waals surface area contributed by atoms with Gasteiger partial charge < -0.3 is 10.1 Å². The molecule has 102 valence electrons. The molecule has 0 saturated heterocycles. The number of hydrogen-bond donors (Lipinski definition) is 1. The maximum Gasteiger partial charge on any atom is 0.161 e. The molecular formula is C14H18FN3O. The standard InChI is InChI=1S/C14H18FN3O/c1-4-16-13(10-6-5-7-11(15)8-10)14-12(19-3)9-17-18(14)2/h5-9,13,16H,4H2,1-3H3. The zero-order valence-electron chi connectivity index (χ0n) is 11.4. The van der Waals surface area contributed by atoms with Gasteiger partial charge in [-0.1, -0.05) is 19.1 Å². The van der Waals surface area contributed by atoms with E-state index in [4.69, 9.17) is 4.74 Å². The summed E-state index contributed by atoms with van der Waals surface area (Å²) in [5.41, 5.74) is 1.73. The number of aryl methyl sites for hydroxylation is 1. The van der Waals surface area contributed by atoms with Crippen molar-refractivity contribution in [3.05, 3.63) is 47.5 Å². The number of halogens is 1. The van der Waals surface area contributed by atoms with E-state index in [0.29, 0.717) is 5.75 Å². The van der Waals surface area contributed by atoms with Gasteiger partial charge >= 0.3 is 0 Å². The zero-order chi connectivity index (χ0) is 13.8. The van der Waals surface area contributed by atoms with Gasteiger partial charge in [-0.2, -0.15) is 5.10 Å². The van der Waals surface area contributed by atoms with Crippen molar-refractivity contribution in [2.75, 3.05) is 13.7 Å². The van der Waals surface area contributed by atoms with Gasteiger partial charge in [0.15, 0.2) is 5.75 Å². The average molecular weight is 263 g/mol. The lowest BCUT2D eigenvalue weighted by Gasteiger charge is -2.20. The van der Waals surface area contributed by atoms with Crippen molar-refractivity contribution in [1.29, 1.82) is 0 Å². The van der Waals surface area contributed by atoms with Crippen molar-refractivity contribution < 1.29 is 9.13 Å². The van der Waals surface area contributed by atoms with Crippen LogP contribution in [0.15, 0.2) is 30.5 Å². The van der Waals surface area contributed by atoms with Crippen LogP contribution in [0.5, 0.6) is 5.75 Å². The first-order valence-corrected chi connectivity index (χ1v) is 6.22. The summed E-state index contributed by atoms with van der Waals surface area (Å²) in [5.74, 6) is 0.444. The fourth-order valence-corrected chi connectivity index (χ4v) is 2.18. The summed E-state index contributed by atoms with van der Waals surface area (Å²) in [6, 6.07) is 6.41. The van der Waals surface area contributed by atoms with Crippen molar-refractivity contribution in [3.8, 4) is 5.75 Å². The third kappa shape index (κ3) is 2.76. The van der Waals surface area contributed by atoms with Gasteiger partial charge in [0.1, 0.15) is 11.5 Å². The Hall–Kier alpha value is -1.88. The molecule has 5 heteroatoms. The molecule has 2 rings (SSSR count). The first-order valence-electron chi connectivity index (χ1n) is 6.22. The number of hydrogen-bond acceptors (Lipinski definition) is 3. The predicted molar refractivity (Wildman–Crippen MR) is 71.7 cm³/mol. The molecule has 2 aromatic rings. The van der Waals surface area contributed by atoms with Crippen molar-refractivity contribution in [2.24, 2.45) is 7.05 Å². The Labute approximate surface area is 112 Å². The third-order valence-corrected chi connectivity index (χ3v) is 3.03. The summed E-state index contributed by atoms with van der Waals surface area (Å²) >= 11 is 0. The van der Waals surface area contributed by atoms with Crippen LogP contribution < -0.4 is 10.1 Å². The van der Waals surface area contributed by atoms with Crippen molar-refractivity contribution in [1.82, 2.24) is 15.1 Å². The van der Waals surface area contributed by atoms with Crippen LogP contribution in [-0.2, 0) is 7.05 Å². The van der Waals surface area contributed by atoms with Gasteiger partial charge in [0.05, 0.1) is 19.3 Å². The van der Waals surface area contributed by atoms with Crippen molar-refractivity contribution in [2.45, 2.75) is 13.0 Å². The molecule has 0 fully saturated rings. The molecule has 0 aliphatic carbocycles. The number of methoxy groups -OCH3 is 1. The van der Waals surface area contributed by atoms with Gasteiger partial charge in [-0.25, -0.2) is 4.39 Å². The lowest BCUT2D eigenvalue weighted by molar-refractivity contribution is 0.401. The minimum atomic E-state index is -0.249. The second-order valence-electron chi connectivity index (χ2n) is 4.27. The summed E-state index contributed by atoms with van der Waals surface area (Å²) in [6.45, 7) is 2.77. The van der Waals surface area contributed by atoms with Crippen molar-refractivity contribution >= 4 is 0 Å². The molecule has 0 bridgehead atoms. The van der Waals surface area contributed by atoms with E-state index in [-0.39, 0.29) is 11.9 Å². The SMILES string of the molecule is CCNC(c1cccc(F)c1)c1c(OC)cnn1C. The van der Waals surface area contributed by atoms with E-state index in [1.54, 1.807) is 24.1 Å². The fourth-order valence-electron chi connectivity index (χ4n) is 2.18. The fraction of sp³-hybridized carbons (Fsp3) is 0.357. The lowest BCUT2D eigenvalue weighted by atomic mass is 10.0. The molecule has 19 heavy (non-hydrogen) atoms. The van der Waals surface area contributed by atoms with Gasteiger partial charge in [0, 0.05) is 7.05 Å². The summed E-state index contributed by atoms with van der Waals surface area (Å²) in [4.78, 5) is 0. The number of ether oxygens (including phenoxy) is 1. The highest BCUT2D eigenvalue weighted by atomic mass is 19.1. The van der Waals surface area contributed by atoms with Crippen LogP contribution >= 0.6 is 0 Å².